The van der Waals surface area contributed by atoms with Gasteiger partial charge < -0.3 is 15.2 Å². The maximum Gasteiger partial charge on any atom is 0.318 e. The summed E-state index contributed by atoms with van der Waals surface area (Å²) >= 11 is 6.39. The molecule has 1 atom stereocenters. The van der Waals surface area contributed by atoms with Crippen LogP contribution in [0, 0.1) is 5.41 Å². The van der Waals surface area contributed by atoms with E-state index in [1.54, 1.807) is 36.5 Å². The van der Waals surface area contributed by atoms with Crippen molar-refractivity contribution in [1.82, 2.24) is 25.3 Å². The third kappa shape index (κ3) is 6.85. The summed E-state index contributed by atoms with van der Waals surface area (Å²) in [5, 5.41) is 13.2. The van der Waals surface area contributed by atoms with Gasteiger partial charge in [-0.25, -0.2) is 14.4 Å². The van der Waals surface area contributed by atoms with Gasteiger partial charge in [0, 0.05) is 29.9 Å². The Morgan fingerprint density at radius 2 is 1.94 bits per heavy atom. The van der Waals surface area contributed by atoms with E-state index in [0.29, 0.717) is 27.6 Å². The Morgan fingerprint density at radius 1 is 1.20 bits per heavy atom. The first-order valence-electron chi connectivity index (χ1n) is 11.3. The van der Waals surface area contributed by atoms with Gasteiger partial charge in [0.2, 0.25) is 11.8 Å². The number of carbonyl (C=O) groups excluding carboxylic acids is 1. The molecule has 0 saturated carbocycles. The smallest absolute Gasteiger partial charge is 0.318 e. The van der Waals surface area contributed by atoms with E-state index in [1.807, 2.05) is 6.92 Å². The Hall–Kier alpha value is -3.33. The fraction of sp³-hybridized carbons (Fsp3) is 0.400. The van der Waals surface area contributed by atoms with Gasteiger partial charge in [0.15, 0.2) is 11.6 Å². The van der Waals surface area contributed by atoms with Crippen LogP contribution in [0.25, 0.3) is 22.8 Å². The van der Waals surface area contributed by atoms with Crippen LogP contribution in [-0.2, 0) is 11.3 Å². The molecule has 1 aromatic carbocycles. The van der Waals surface area contributed by atoms with Crippen LogP contribution in [0.3, 0.4) is 0 Å². The van der Waals surface area contributed by atoms with Gasteiger partial charge in [-0.3, -0.25) is 4.79 Å². The monoisotopic (exact) mass is 501 g/mol. The first kappa shape index (κ1) is 26.3. The highest BCUT2D eigenvalue weighted by atomic mass is 35.5. The van der Waals surface area contributed by atoms with E-state index in [1.165, 1.54) is 13.8 Å². The second-order valence-corrected chi connectivity index (χ2v) is 9.31. The Balaban J connectivity index is 1.84. The Morgan fingerprint density at radius 3 is 2.60 bits per heavy atom. The summed E-state index contributed by atoms with van der Waals surface area (Å²) in [6.45, 7) is 6.54. The van der Waals surface area contributed by atoms with E-state index >= 15 is 0 Å². The maximum absolute atomic E-state index is 13.1. The predicted octanol–water partition coefficient (Wildman–Crippen LogP) is 5.14. The molecule has 3 rings (SSSR count). The number of rotatable bonds is 10. The molecule has 0 aliphatic heterocycles. The van der Waals surface area contributed by atoms with E-state index in [-0.39, 0.29) is 24.3 Å². The van der Waals surface area contributed by atoms with Gasteiger partial charge in [-0.05, 0) is 51.0 Å². The summed E-state index contributed by atoms with van der Waals surface area (Å²) in [5.41, 5.74) is 0.599. The summed E-state index contributed by atoms with van der Waals surface area (Å²) in [4.78, 5) is 29.0. The summed E-state index contributed by atoms with van der Waals surface area (Å²) in [5.74, 6) is 0.460. The largest absolute Gasteiger partial charge is 0.479 e. The zero-order valence-electron chi connectivity index (χ0n) is 20.2. The SMILES string of the molecule is CCC[C@H](C)Oc1ccc(-c2nc(O)nc(-c3cc(CNC(=O)C(C)(C)CF)ccc3Cl)n2)cn1. The Bertz CT molecular complexity index is 1170. The average Bonchev–Trinajstić information content (AvgIpc) is 2.83. The number of pyridine rings is 1. The van der Waals surface area contributed by atoms with Crippen LogP contribution in [0.1, 0.15) is 46.1 Å². The van der Waals surface area contributed by atoms with Crippen molar-refractivity contribution >= 4 is 17.5 Å². The minimum Gasteiger partial charge on any atom is -0.479 e. The van der Waals surface area contributed by atoms with Crippen LogP contribution in [0.2, 0.25) is 5.02 Å². The van der Waals surface area contributed by atoms with E-state index in [0.717, 1.165) is 12.8 Å². The van der Waals surface area contributed by atoms with Gasteiger partial charge in [0.25, 0.3) is 0 Å². The van der Waals surface area contributed by atoms with E-state index in [2.05, 4.69) is 32.2 Å². The molecule has 0 aliphatic carbocycles. The molecule has 2 N–H and O–H groups in total. The molecular formula is C25H29ClFN5O3. The highest BCUT2D eigenvalue weighted by Crippen LogP contribution is 2.29. The van der Waals surface area contributed by atoms with E-state index in [4.69, 9.17) is 16.3 Å². The van der Waals surface area contributed by atoms with Crippen LogP contribution in [0.5, 0.6) is 11.9 Å². The minimum atomic E-state index is -1.12. The van der Waals surface area contributed by atoms with Crippen molar-refractivity contribution in [3.05, 3.63) is 47.1 Å². The number of aromatic nitrogens is 4. The average molecular weight is 502 g/mol. The normalized spacial score (nSPS) is 12.3. The molecule has 0 radical (unpaired) electrons. The van der Waals surface area contributed by atoms with Crippen molar-refractivity contribution in [3.63, 3.8) is 0 Å². The van der Waals surface area contributed by atoms with Crippen molar-refractivity contribution < 1.29 is 19.0 Å². The first-order chi connectivity index (χ1) is 16.6. The zero-order chi connectivity index (χ0) is 25.6. The number of ether oxygens (including phenoxy) is 1. The quantitative estimate of drug-likeness (QED) is 0.395. The maximum atomic E-state index is 13.1. The molecule has 0 bridgehead atoms. The molecule has 35 heavy (non-hydrogen) atoms. The molecule has 0 saturated heterocycles. The molecule has 2 heterocycles. The molecule has 10 heteroatoms. The summed E-state index contributed by atoms with van der Waals surface area (Å²) in [7, 11) is 0. The number of hydrogen-bond acceptors (Lipinski definition) is 7. The second kappa shape index (κ2) is 11.4. The number of aromatic hydroxyl groups is 1. The summed E-state index contributed by atoms with van der Waals surface area (Å²) in [6.07, 6.45) is 3.55. The molecule has 0 unspecified atom stereocenters. The number of nitrogens with zero attached hydrogens (tertiary/aromatic N) is 4. The van der Waals surface area contributed by atoms with Gasteiger partial charge in [0.05, 0.1) is 16.5 Å². The fourth-order valence-corrected chi connectivity index (χ4v) is 3.41. The van der Waals surface area contributed by atoms with Crippen molar-refractivity contribution in [2.45, 2.75) is 53.2 Å². The lowest BCUT2D eigenvalue weighted by Gasteiger charge is -2.19. The van der Waals surface area contributed by atoms with Crippen LogP contribution < -0.4 is 10.1 Å². The summed E-state index contributed by atoms with van der Waals surface area (Å²) < 4.78 is 18.9. The standard InChI is InChI=1S/C25H29ClFN5O3/c1-5-6-15(2)35-20-10-8-17(13-28-20)21-30-22(32-24(34)31-21)18-11-16(7-9-19(18)26)12-29-23(33)25(3,4)14-27/h7-11,13,15H,5-6,12,14H2,1-4H3,(H,29,33)(H,30,31,32,34)/t15-/m0/s1. The van der Waals surface area contributed by atoms with Gasteiger partial charge in [-0.2, -0.15) is 9.97 Å². The number of hydrogen-bond donors (Lipinski definition) is 2. The van der Waals surface area contributed by atoms with Crippen LogP contribution in [0.4, 0.5) is 4.39 Å². The molecule has 0 aliphatic rings. The molecule has 3 aromatic rings. The molecule has 186 valence electrons. The molecule has 1 amide bonds. The molecule has 8 nitrogen and oxygen atoms in total. The Labute approximate surface area is 209 Å². The number of alkyl halides is 1. The number of benzene rings is 1. The summed E-state index contributed by atoms with van der Waals surface area (Å²) in [6, 6.07) is 8.08. The van der Waals surface area contributed by atoms with Crippen molar-refractivity contribution in [2.24, 2.45) is 5.41 Å². The predicted molar refractivity (Wildman–Crippen MR) is 132 cm³/mol. The van der Waals surface area contributed by atoms with Gasteiger partial charge in [0.1, 0.15) is 6.67 Å². The van der Waals surface area contributed by atoms with Crippen LogP contribution >= 0.6 is 11.6 Å². The lowest BCUT2D eigenvalue weighted by atomic mass is 9.94. The van der Waals surface area contributed by atoms with Crippen molar-refractivity contribution in [3.8, 4) is 34.7 Å². The first-order valence-corrected chi connectivity index (χ1v) is 11.7. The third-order valence-electron chi connectivity index (χ3n) is 5.31. The van der Waals surface area contributed by atoms with Crippen LogP contribution in [0.15, 0.2) is 36.5 Å². The second-order valence-electron chi connectivity index (χ2n) is 8.90. The molecule has 0 fully saturated rings. The lowest BCUT2D eigenvalue weighted by Crippen LogP contribution is -2.37. The lowest BCUT2D eigenvalue weighted by molar-refractivity contribution is -0.130. The minimum absolute atomic E-state index is 0.0495. The highest BCUT2D eigenvalue weighted by molar-refractivity contribution is 6.33. The zero-order valence-corrected chi connectivity index (χ0v) is 20.9. The van der Waals surface area contributed by atoms with E-state index in [9.17, 15) is 14.3 Å². The van der Waals surface area contributed by atoms with Gasteiger partial charge in [-0.15, -0.1) is 0 Å². The topological polar surface area (TPSA) is 110 Å². The van der Waals surface area contributed by atoms with Gasteiger partial charge in [-0.1, -0.05) is 31.0 Å². The highest BCUT2D eigenvalue weighted by Gasteiger charge is 2.27. The van der Waals surface area contributed by atoms with Crippen molar-refractivity contribution in [2.75, 3.05) is 6.67 Å². The number of carbonyl (C=O) groups is 1. The molecule has 0 spiro atoms. The molecular weight excluding hydrogens is 473 g/mol. The number of nitrogens with one attached hydrogen (secondary N) is 1. The molecule has 2 aromatic heterocycles. The Kier molecular flexibility index (Phi) is 8.56. The van der Waals surface area contributed by atoms with Gasteiger partial charge >= 0.3 is 6.01 Å². The van der Waals surface area contributed by atoms with Crippen LogP contribution in [-0.4, -0.2) is 43.7 Å². The fourth-order valence-electron chi connectivity index (χ4n) is 3.20. The third-order valence-corrected chi connectivity index (χ3v) is 5.64. The number of halogens is 2. The number of amides is 1. The van der Waals surface area contributed by atoms with Crippen molar-refractivity contribution in [1.29, 1.82) is 0 Å². The van der Waals surface area contributed by atoms with E-state index < -0.39 is 24.0 Å².